The molecule has 0 spiro atoms. The summed E-state index contributed by atoms with van der Waals surface area (Å²) in [5, 5.41) is 2.82. The van der Waals surface area contributed by atoms with Gasteiger partial charge in [-0.25, -0.2) is 9.78 Å². The average molecular weight is 342 g/mol. The predicted octanol–water partition coefficient (Wildman–Crippen LogP) is 4.25. The first kappa shape index (κ1) is 13.8. The number of pyridine rings is 1. The Balaban J connectivity index is 1.93. The summed E-state index contributed by atoms with van der Waals surface area (Å²) in [6.07, 6.45) is 0.930. The molecule has 0 radical (unpaired) electrons. The second-order valence-corrected chi connectivity index (χ2v) is 4.87. The minimum Gasteiger partial charge on any atom is -0.444 e. The molecule has 1 heterocycles. The quantitative estimate of drug-likeness (QED) is 0.908. The number of carbonyl (C=O) groups is 1. The van der Waals surface area contributed by atoms with Gasteiger partial charge < -0.3 is 4.74 Å². The van der Waals surface area contributed by atoms with Crippen LogP contribution in [0.25, 0.3) is 0 Å². The molecule has 0 bridgehead atoms. The molecule has 0 fully saturated rings. The Morgan fingerprint density at radius 1 is 1.32 bits per heavy atom. The number of hydrogen-bond donors (Lipinski definition) is 1. The second-order valence-electron chi connectivity index (χ2n) is 3.64. The monoisotopic (exact) mass is 340 g/mol. The van der Waals surface area contributed by atoms with Crippen molar-refractivity contribution in [2.24, 2.45) is 0 Å². The van der Waals surface area contributed by atoms with Gasteiger partial charge in [0.05, 0.1) is 5.02 Å². The van der Waals surface area contributed by atoms with Gasteiger partial charge in [-0.2, -0.15) is 0 Å². The molecule has 1 aromatic heterocycles. The molecule has 1 amide bonds. The van der Waals surface area contributed by atoms with Crippen LogP contribution >= 0.6 is 27.5 Å². The first-order chi connectivity index (χ1) is 9.16. The Morgan fingerprint density at radius 2 is 2.05 bits per heavy atom. The van der Waals surface area contributed by atoms with Crippen LogP contribution in [0.2, 0.25) is 5.02 Å². The third-order valence-corrected chi connectivity index (χ3v) is 3.55. The van der Waals surface area contributed by atoms with Gasteiger partial charge in [-0.15, -0.1) is 0 Å². The van der Waals surface area contributed by atoms with E-state index in [1.807, 2.05) is 30.3 Å². The summed E-state index contributed by atoms with van der Waals surface area (Å²) in [6.45, 7) is 0.193. The number of nitrogens with one attached hydrogen (secondary N) is 1. The third-order valence-electron chi connectivity index (χ3n) is 2.28. The lowest BCUT2D eigenvalue weighted by Gasteiger charge is -2.08. The lowest BCUT2D eigenvalue weighted by molar-refractivity contribution is 0.155. The maximum absolute atomic E-state index is 11.6. The van der Waals surface area contributed by atoms with E-state index in [-0.39, 0.29) is 12.4 Å². The Bertz CT molecular complexity index is 578. The fourth-order valence-electron chi connectivity index (χ4n) is 1.36. The van der Waals surface area contributed by atoms with Crippen LogP contribution in [-0.2, 0) is 11.3 Å². The van der Waals surface area contributed by atoms with E-state index in [4.69, 9.17) is 16.3 Å². The van der Waals surface area contributed by atoms with E-state index < -0.39 is 6.09 Å². The Morgan fingerprint density at radius 3 is 2.79 bits per heavy atom. The van der Waals surface area contributed by atoms with Gasteiger partial charge in [0.25, 0.3) is 0 Å². The predicted molar refractivity (Wildman–Crippen MR) is 77.2 cm³/mol. The summed E-state index contributed by atoms with van der Waals surface area (Å²) in [4.78, 5) is 15.6. The topological polar surface area (TPSA) is 51.2 Å². The molecule has 19 heavy (non-hydrogen) atoms. The van der Waals surface area contributed by atoms with Crippen molar-refractivity contribution < 1.29 is 9.53 Å². The van der Waals surface area contributed by atoms with Crippen molar-refractivity contribution >= 4 is 39.4 Å². The molecular formula is C13H10BrClN2O2. The van der Waals surface area contributed by atoms with Crippen LogP contribution in [0.4, 0.5) is 10.6 Å². The number of carbonyl (C=O) groups excluding carboxylic acids is 1. The zero-order valence-electron chi connectivity index (χ0n) is 9.77. The molecule has 98 valence electrons. The molecule has 1 N–H and O–H groups in total. The van der Waals surface area contributed by atoms with Crippen LogP contribution in [-0.4, -0.2) is 11.1 Å². The number of amides is 1. The van der Waals surface area contributed by atoms with E-state index in [1.54, 1.807) is 6.07 Å². The van der Waals surface area contributed by atoms with Crippen LogP contribution in [0.5, 0.6) is 0 Å². The molecule has 0 aliphatic rings. The highest BCUT2D eigenvalue weighted by molar-refractivity contribution is 9.10. The molecule has 0 atom stereocenters. The van der Waals surface area contributed by atoms with Crippen LogP contribution in [0.15, 0.2) is 47.1 Å². The van der Waals surface area contributed by atoms with Crippen LogP contribution < -0.4 is 5.32 Å². The molecule has 1 aromatic carbocycles. The zero-order valence-corrected chi connectivity index (χ0v) is 12.1. The summed E-state index contributed by atoms with van der Waals surface area (Å²) >= 11 is 9.22. The highest BCUT2D eigenvalue weighted by Crippen LogP contribution is 2.27. The smallest absolute Gasteiger partial charge is 0.413 e. The summed E-state index contributed by atoms with van der Waals surface area (Å²) in [5.74, 6) is 0.258. The Labute approximate surface area is 123 Å². The summed E-state index contributed by atoms with van der Waals surface area (Å²) in [7, 11) is 0. The van der Waals surface area contributed by atoms with Gasteiger partial charge in [-0.3, -0.25) is 5.32 Å². The number of anilines is 1. The molecule has 2 aromatic rings. The van der Waals surface area contributed by atoms with Gasteiger partial charge in [-0.1, -0.05) is 41.9 Å². The fraction of sp³-hybridized carbons (Fsp3) is 0.0769. The minimum absolute atomic E-state index is 0.193. The van der Waals surface area contributed by atoms with Crippen LogP contribution in [0.3, 0.4) is 0 Å². The van der Waals surface area contributed by atoms with Gasteiger partial charge >= 0.3 is 6.09 Å². The molecule has 0 saturated heterocycles. The van der Waals surface area contributed by atoms with Crippen molar-refractivity contribution in [2.45, 2.75) is 6.61 Å². The van der Waals surface area contributed by atoms with Crippen molar-refractivity contribution in [3.05, 3.63) is 57.7 Å². The van der Waals surface area contributed by atoms with Crippen molar-refractivity contribution in [3.63, 3.8) is 0 Å². The second kappa shape index (κ2) is 6.54. The molecule has 4 nitrogen and oxygen atoms in total. The molecule has 0 unspecified atom stereocenters. The number of nitrogens with zero attached hydrogens (tertiary/aromatic N) is 1. The highest BCUT2D eigenvalue weighted by atomic mass is 79.9. The summed E-state index contributed by atoms with van der Waals surface area (Å²) in [5.41, 5.74) is 0.908. The van der Waals surface area contributed by atoms with Gasteiger partial charge in [-0.05, 0) is 27.6 Å². The van der Waals surface area contributed by atoms with Crippen molar-refractivity contribution in [3.8, 4) is 0 Å². The Hall–Kier alpha value is -1.59. The number of rotatable bonds is 3. The zero-order chi connectivity index (χ0) is 13.7. The SMILES string of the molecule is O=C(Nc1nccc(Br)c1Cl)OCc1ccccc1. The number of hydrogen-bond acceptors (Lipinski definition) is 3. The van der Waals surface area contributed by atoms with E-state index in [0.717, 1.165) is 5.56 Å². The van der Waals surface area contributed by atoms with E-state index in [1.165, 1.54) is 6.20 Å². The van der Waals surface area contributed by atoms with Gasteiger partial charge in [0.1, 0.15) is 6.61 Å². The van der Waals surface area contributed by atoms with Gasteiger partial charge in [0, 0.05) is 10.7 Å². The van der Waals surface area contributed by atoms with Gasteiger partial charge in [0.2, 0.25) is 0 Å². The van der Waals surface area contributed by atoms with E-state index in [9.17, 15) is 4.79 Å². The van der Waals surface area contributed by atoms with E-state index in [2.05, 4.69) is 26.2 Å². The lowest BCUT2D eigenvalue weighted by Crippen LogP contribution is -2.14. The molecule has 0 aliphatic carbocycles. The first-order valence-corrected chi connectivity index (χ1v) is 6.61. The van der Waals surface area contributed by atoms with Crippen molar-refractivity contribution in [1.82, 2.24) is 4.98 Å². The third kappa shape index (κ3) is 3.94. The lowest BCUT2D eigenvalue weighted by atomic mass is 10.2. The normalized spacial score (nSPS) is 10.0. The summed E-state index contributed by atoms with van der Waals surface area (Å²) in [6, 6.07) is 11.1. The molecule has 2 rings (SSSR count). The molecule has 6 heteroatoms. The maximum atomic E-state index is 11.6. The highest BCUT2D eigenvalue weighted by Gasteiger charge is 2.10. The molecule has 0 aliphatic heterocycles. The average Bonchev–Trinajstić information content (AvgIpc) is 2.43. The Kier molecular flexibility index (Phi) is 4.76. The number of benzene rings is 1. The van der Waals surface area contributed by atoms with Crippen molar-refractivity contribution in [2.75, 3.05) is 5.32 Å². The molecule has 0 saturated carbocycles. The van der Waals surface area contributed by atoms with Crippen LogP contribution in [0.1, 0.15) is 5.56 Å². The maximum Gasteiger partial charge on any atom is 0.413 e. The van der Waals surface area contributed by atoms with E-state index >= 15 is 0 Å². The standard InChI is InChI=1S/C13H10BrClN2O2/c14-10-6-7-16-12(11(10)15)17-13(18)19-8-9-4-2-1-3-5-9/h1-7H,8H2,(H,16,17,18). The number of ether oxygens (including phenoxy) is 1. The van der Waals surface area contributed by atoms with Crippen LogP contribution in [0, 0.1) is 0 Å². The largest absolute Gasteiger partial charge is 0.444 e. The number of halogens is 2. The first-order valence-electron chi connectivity index (χ1n) is 5.44. The van der Waals surface area contributed by atoms with Gasteiger partial charge in [0.15, 0.2) is 5.82 Å². The summed E-state index contributed by atoms with van der Waals surface area (Å²) < 4.78 is 5.72. The van der Waals surface area contributed by atoms with E-state index in [0.29, 0.717) is 9.50 Å². The minimum atomic E-state index is -0.601. The number of aromatic nitrogens is 1. The fourth-order valence-corrected chi connectivity index (χ4v) is 1.83. The molecular weight excluding hydrogens is 332 g/mol. The van der Waals surface area contributed by atoms with Crippen molar-refractivity contribution in [1.29, 1.82) is 0 Å².